The third-order valence-corrected chi connectivity index (χ3v) is 3.37. The molecule has 0 saturated heterocycles. The number of rotatable bonds is 6. The van der Waals surface area contributed by atoms with Gasteiger partial charge in [0.15, 0.2) is 5.82 Å². The van der Waals surface area contributed by atoms with E-state index in [0.717, 1.165) is 29.6 Å². The number of aromatic nitrogens is 2. The van der Waals surface area contributed by atoms with Crippen molar-refractivity contribution in [2.45, 2.75) is 33.0 Å². The van der Waals surface area contributed by atoms with Crippen LogP contribution in [-0.4, -0.2) is 23.3 Å². The fourth-order valence-electron chi connectivity index (χ4n) is 1.90. The summed E-state index contributed by atoms with van der Waals surface area (Å²) >= 11 is 5.89. The summed E-state index contributed by atoms with van der Waals surface area (Å²) in [6, 6.07) is 12.3. The highest BCUT2D eigenvalue weighted by Gasteiger charge is 2.05. The van der Waals surface area contributed by atoms with Crippen molar-refractivity contribution in [3.8, 4) is 0 Å². The smallest absolute Gasteiger partial charge is 0.151 e. The van der Waals surface area contributed by atoms with E-state index in [4.69, 9.17) is 11.6 Å². The van der Waals surface area contributed by atoms with E-state index in [1.807, 2.05) is 43.4 Å². The number of nitrogens with one attached hydrogen (secondary N) is 1. The molecule has 1 aromatic heterocycles. The van der Waals surface area contributed by atoms with Gasteiger partial charge in [0.25, 0.3) is 0 Å². The molecule has 2 rings (SSSR count). The molecule has 0 atom stereocenters. The molecule has 0 aliphatic rings. The zero-order valence-electron chi connectivity index (χ0n) is 12.7. The van der Waals surface area contributed by atoms with Gasteiger partial charge in [0, 0.05) is 31.2 Å². The van der Waals surface area contributed by atoms with E-state index in [0.29, 0.717) is 6.04 Å². The average molecular weight is 305 g/mol. The van der Waals surface area contributed by atoms with Crippen LogP contribution in [0, 0.1) is 0 Å². The minimum Gasteiger partial charge on any atom is -0.354 e. The molecule has 0 aliphatic heterocycles. The molecule has 1 N–H and O–H groups in total. The van der Waals surface area contributed by atoms with E-state index in [1.54, 1.807) is 0 Å². The van der Waals surface area contributed by atoms with Gasteiger partial charge in [-0.2, -0.15) is 5.10 Å². The van der Waals surface area contributed by atoms with Crippen LogP contribution < -0.4 is 10.2 Å². The molecule has 4 nitrogen and oxygen atoms in total. The Bertz CT molecular complexity index is 551. The fraction of sp³-hybridized carbons (Fsp3) is 0.375. The standard InChI is InChI=1S/C16H21ClN4/c1-12(2)18-10-15-8-9-16(20-19-15)21(3)11-13-4-6-14(17)7-5-13/h4-9,12,18H,10-11H2,1-3H3. The van der Waals surface area contributed by atoms with Gasteiger partial charge in [-0.1, -0.05) is 37.6 Å². The Morgan fingerprint density at radius 2 is 1.81 bits per heavy atom. The first-order chi connectivity index (χ1) is 10.0. The molecule has 112 valence electrons. The summed E-state index contributed by atoms with van der Waals surface area (Å²) in [5.74, 6) is 0.859. The number of anilines is 1. The molecule has 1 heterocycles. The molecule has 0 fully saturated rings. The van der Waals surface area contributed by atoms with Crippen molar-refractivity contribution >= 4 is 17.4 Å². The summed E-state index contributed by atoms with van der Waals surface area (Å²) in [6.07, 6.45) is 0. The molecule has 0 spiro atoms. The minimum atomic E-state index is 0.444. The maximum absolute atomic E-state index is 5.89. The van der Waals surface area contributed by atoms with Gasteiger partial charge in [-0.05, 0) is 29.8 Å². The number of hydrogen-bond donors (Lipinski definition) is 1. The van der Waals surface area contributed by atoms with Gasteiger partial charge in [0.05, 0.1) is 5.69 Å². The monoisotopic (exact) mass is 304 g/mol. The largest absolute Gasteiger partial charge is 0.354 e. The topological polar surface area (TPSA) is 41.0 Å². The quantitative estimate of drug-likeness (QED) is 0.889. The molecule has 0 saturated carbocycles. The lowest BCUT2D eigenvalue weighted by molar-refractivity contribution is 0.577. The van der Waals surface area contributed by atoms with Crippen LogP contribution in [0.5, 0.6) is 0 Å². The van der Waals surface area contributed by atoms with E-state index < -0.39 is 0 Å². The van der Waals surface area contributed by atoms with Crippen molar-refractivity contribution in [1.82, 2.24) is 15.5 Å². The van der Waals surface area contributed by atoms with Crippen LogP contribution in [0.25, 0.3) is 0 Å². The van der Waals surface area contributed by atoms with Crippen LogP contribution >= 0.6 is 11.6 Å². The molecular formula is C16H21ClN4. The number of nitrogens with zero attached hydrogens (tertiary/aromatic N) is 3. The van der Waals surface area contributed by atoms with Crippen molar-refractivity contribution in [3.63, 3.8) is 0 Å². The maximum atomic E-state index is 5.89. The first-order valence-electron chi connectivity index (χ1n) is 7.06. The predicted molar refractivity (Wildman–Crippen MR) is 87.6 cm³/mol. The van der Waals surface area contributed by atoms with Gasteiger partial charge in [-0.25, -0.2) is 0 Å². The van der Waals surface area contributed by atoms with Crippen LogP contribution in [0.4, 0.5) is 5.82 Å². The molecule has 0 bridgehead atoms. The SMILES string of the molecule is CC(C)NCc1ccc(N(C)Cc2ccc(Cl)cc2)nn1. The lowest BCUT2D eigenvalue weighted by Gasteiger charge is -2.18. The Hall–Kier alpha value is -1.65. The summed E-state index contributed by atoms with van der Waals surface area (Å²) in [6.45, 7) is 5.74. The Balaban J connectivity index is 1.96. The summed E-state index contributed by atoms with van der Waals surface area (Å²) in [7, 11) is 2.00. The van der Waals surface area contributed by atoms with Gasteiger partial charge in [-0.15, -0.1) is 5.10 Å². The van der Waals surface area contributed by atoms with Crippen LogP contribution in [-0.2, 0) is 13.1 Å². The third-order valence-electron chi connectivity index (χ3n) is 3.12. The van der Waals surface area contributed by atoms with E-state index in [2.05, 4.69) is 34.3 Å². The van der Waals surface area contributed by atoms with Gasteiger partial charge in [-0.3, -0.25) is 0 Å². The highest BCUT2D eigenvalue weighted by atomic mass is 35.5. The summed E-state index contributed by atoms with van der Waals surface area (Å²) in [4.78, 5) is 2.07. The van der Waals surface area contributed by atoms with Gasteiger partial charge >= 0.3 is 0 Å². The van der Waals surface area contributed by atoms with Crippen molar-refractivity contribution in [2.24, 2.45) is 0 Å². The van der Waals surface area contributed by atoms with E-state index in [-0.39, 0.29) is 0 Å². The van der Waals surface area contributed by atoms with Gasteiger partial charge in [0.2, 0.25) is 0 Å². The molecule has 5 heteroatoms. The molecule has 1 aromatic carbocycles. The second-order valence-electron chi connectivity index (χ2n) is 5.40. The Morgan fingerprint density at radius 1 is 1.10 bits per heavy atom. The highest BCUT2D eigenvalue weighted by molar-refractivity contribution is 6.30. The van der Waals surface area contributed by atoms with E-state index in [1.165, 1.54) is 5.56 Å². The molecule has 0 amide bonds. The second-order valence-corrected chi connectivity index (χ2v) is 5.84. The summed E-state index contributed by atoms with van der Waals surface area (Å²) in [5.41, 5.74) is 2.14. The second kappa shape index (κ2) is 7.38. The molecule has 21 heavy (non-hydrogen) atoms. The van der Waals surface area contributed by atoms with Crippen LogP contribution in [0.2, 0.25) is 5.02 Å². The Labute approximate surface area is 131 Å². The lowest BCUT2D eigenvalue weighted by Crippen LogP contribution is -2.23. The maximum Gasteiger partial charge on any atom is 0.151 e. The number of halogens is 1. The molecule has 0 aliphatic carbocycles. The van der Waals surface area contributed by atoms with Gasteiger partial charge < -0.3 is 10.2 Å². The summed E-state index contributed by atoms with van der Waals surface area (Å²) < 4.78 is 0. The van der Waals surface area contributed by atoms with Crippen LogP contribution in [0.3, 0.4) is 0 Å². The van der Waals surface area contributed by atoms with Crippen molar-refractivity contribution in [3.05, 3.63) is 52.7 Å². The van der Waals surface area contributed by atoms with Crippen LogP contribution in [0.1, 0.15) is 25.1 Å². The first-order valence-corrected chi connectivity index (χ1v) is 7.44. The summed E-state index contributed by atoms with van der Waals surface area (Å²) in [5, 5.41) is 12.6. The van der Waals surface area contributed by atoms with Crippen molar-refractivity contribution < 1.29 is 0 Å². The molecule has 0 radical (unpaired) electrons. The van der Waals surface area contributed by atoms with E-state index >= 15 is 0 Å². The fourth-order valence-corrected chi connectivity index (χ4v) is 2.03. The van der Waals surface area contributed by atoms with Crippen molar-refractivity contribution in [1.29, 1.82) is 0 Å². The lowest BCUT2D eigenvalue weighted by atomic mass is 10.2. The number of hydrogen-bond acceptors (Lipinski definition) is 4. The average Bonchev–Trinajstić information content (AvgIpc) is 2.48. The minimum absolute atomic E-state index is 0.444. The predicted octanol–water partition coefficient (Wildman–Crippen LogP) is 3.26. The number of benzene rings is 1. The van der Waals surface area contributed by atoms with Gasteiger partial charge in [0.1, 0.15) is 0 Å². The molecule has 0 unspecified atom stereocenters. The zero-order valence-corrected chi connectivity index (χ0v) is 13.4. The highest BCUT2D eigenvalue weighted by Crippen LogP contribution is 2.14. The van der Waals surface area contributed by atoms with E-state index in [9.17, 15) is 0 Å². The third kappa shape index (κ3) is 4.99. The zero-order chi connectivity index (χ0) is 15.2. The Morgan fingerprint density at radius 3 is 2.38 bits per heavy atom. The van der Waals surface area contributed by atoms with Crippen molar-refractivity contribution in [2.75, 3.05) is 11.9 Å². The normalized spacial score (nSPS) is 10.9. The molecule has 2 aromatic rings. The molecular weight excluding hydrogens is 284 g/mol. The van der Waals surface area contributed by atoms with Crippen LogP contribution in [0.15, 0.2) is 36.4 Å². The Kier molecular flexibility index (Phi) is 5.53. The first kappa shape index (κ1) is 15.7.